The lowest BCUT2D eigenvalue weighted by atomic mass is 10.3. The van der Waals surface area contributed by atoms with Crippen LogP contribution in [-0.4, -0.2) is 14.8 Å². The maximum Gasteiger partial charge on any atom is 0.156 e. The third kappa shape index (κ3) is 3.02. The molecule has 4 heteroatoms. The zero-order chi connectivity index (χ0) is 11.3. The first-order valence-corrected chi connectivity index (χ1v) is 5.97. The van der Waals surface area contributed by atoms with Crippen LogP contribution in [0.25, 0.3) is 5.82 Å². The molecule has 0 unspecified atom stereocenters. The number of aromatic nitrogens is 3. The fourth-order valence-electron chi connectivity index (χ4n) is 1.13. The van der Waals surface area contributed by atoms with Gasteiger partial charge in [-0.3, -0.25) is 0 Å². The van der Waals surface area contributed by atoms with Gasteiger partial charge in [0, 0.05) is 12.4 Å². The normalized spacial score (nSPS) is 9.33. The van der Waals surface area contributed by atoms with Crippen LogP contribution in [-0.2, 0) is 0 Å². The highest BCUT2D eigenvalue weighted by Crippen LogP contribution is 2.10. The third-order valence-corrected chi connectivity index (χ3v) is 2.31. The molecule has 0 N–H and O–H groups in total. The van der Waals surface area contributed by atoms with Gasteiger partial charge in [0.1, 0.15) is 0 Å². The van der Waals surface area contributed by atoms with Crippen molar-refractivity contribution in [3.8, 4) is 5.82 Å². The minimum atomic E-state index is 0.894. The quantitative estimate of drug-likeness (QED) is 0.757. The van der Waals surface area contributed by atoms with Crippen molar-refractivity contribution >= 4 is 22.6 Å². The van der Waals surface area contributed by atoms with Gasteiger partial charge >= 0.3 is 0 Å². The second kappa shape index (κ2) is 5.85. The van der Waals surface area contributed by atoms with E-state index in [1.807, 2.05) is 45.3 Å². The lowest BCUT2D eigenvalue weighted by Gasteiger charge is -2.02. The fraction of sp³-hybridized carbons (Fsp3) is 0.273. The lowest BCUT2D eigenvalue weighted by Crippen LogP contribution is -1.99. The summed E-state index contributed by atoms with van der Waals surface area (Å²) in [5.74, 6) is 0.894. The summed E-state index contributed by atoms with van der Waals surface area (Å²) in [5.41, 5.74) is 1.13. The van der Waals surface area contributed by atoms with Crippen molar-refractivity contribution in [3.63, 3.8) is 0 Å². The number of halogens is 1. The molecule has 0 saturated heterocycles. The number of hydrogen-bond donors (Lipinski definition) is 0. The Balaban J connectivity index is 0.000000531. The van der Waals surface area contributed by atoms with Gasteiger partial charge in [-0.2, -0.15) is 5.10 Å². The van der Waals surface area contributed by atoms with Crippen LogP contribution in [0.1, 0.15) is 19.4 Å². The zero-order valence-electron chi connectivity index (χ0n) is 9.11. The van der Waals surface area contributed by atoms with Crippen LogP contribution in [0.3, 0.4) is 0 Å². The summed E-state index contributed by atoms with van der Waals surface area (Å²) in [6, 6.07) is 3.95. The second-order valence-corrected chi connectivity index (χ2v) is 3.99. The van der Waals surface area contributed by atoms with E-state index in [-0.39, 0.29) is 0 Å². The summed E-state index contributed by atoms with van der Waals surface area (Å²) in [6.07, 6.45) is 5.54. The Bertz CT molecular complexity index is 423. The molecule has 0 bridgehead atoms. The molecule has 0 spiro atoms. The summed E-state index contributed by atoms with van der Waals surface area (Å²) < 4.78 is 2.90. The van der Waals surface area contributed by atoms with E-state index in [9.17, 15) is 0 Å². The van der Waals surface area contributed by atoms with Gasteiger partial charge in [0.2, 0.25) is 0 Å². The molecule has 3 nitrogen and oxygen atoms in total. The van der Waals surface area contributed by atoms with Crippen LogP contribution in [0.15, 0.2) is 30.7 Å². The van der Waals surface area contributed by atoms with Gasteiger partial charge in [0.15, 0.2) is 5.82 Å². The van der Waals surface area contributed by atoms with E-state index >= 15 is 0 Å². The Morgan fingerprint density at radius 2 is 2.07 bits per heavy atom. The van der Waals surface area contributed by atoms with Crippen LogP contribution >= 0.6 is 22.6 Å². The molecule has 0 radical (unpaired) electrons. The van der Waals surface area contributed by atoms with E-state index in [4.69, 9.17) is 0 Å². The highest BCUT2D eigenvalue weighted by atomic mass is 127. The van der Waals surface area contributed by atoms with E-state index in [0.717, 1.165) is 15.0 Å². The van der Waals surface area contributed by atoms with E-state index in [0.29, 0.717) is 0 Å². The smallest absolute Gasteiger partial charge is 0.156 e. The monoisotopic (exact) mass is 315 g/mol. The van der Waals surface area contributed by atoms with E-state index in [1.165, 1.54) is 0 Å². The Labute approximate surface area is 104 Å². The average Bonchev–Trinajstić information content (AvgIpc) is 2.68. The van der Waals surface area contributed by atoms with E-state index in [2.05, 4.69) is 32.7 Å². The average molecular weight is 315 g/mol. The van der Waals surface area contributed by atoms with Crippen LogP contribution in [0.2, 0.25) is 0 Å². The summed E-state index contributed by atoms with van der Waals surface area (Å²) in [4.78, 5) is 4.26. The summed E-state index contributed by atoms with van der Waals surface area (Å²) in [5, 5.41) is 4.19. The molecule has 15 heavy (non-hydrogen) atoms. The van der Waals surface area contributed by atoms with Crippen LogP contribution < -0.4 is 0 Å². The SMILES string of the molecule is CC.Cc1cccnc1-n1cc(I)cn1. The maximum atomic E-state index is 4.26. The topological polar surface area (TPSA) is 30.7 Å². The summed E-state index contributed by atoms with van der Waals surface area (Å²) in [7, 11) is 0. The molecule has 0 aliphatic carbocycles. The highest BCUT2D eigenvalue weighted by molar-refractivity contribution is 14.1. The lowest BCUT2D eigenvalue weighted by molar-refractivity contribution is 0.838. The van der Waals surface area contributed by atoms with Gasteiger partial charge in [0.05, 0.1) is 9.77 Å². The molecule has 0 aliphatic rings. The summed E-state index contributed by atoms with van der Waals surface area (Å²) >= 11 is 2.23. The molecule has 80 valence electrons. The van der Waals surface area contributed by atoms with E-state index in [1.54, 1.807) is 10.9 Å². The number of aryl methyl sites for hydroxylation is 1. The minimum absolute atomic E-state index is 0.894. The molecule has 0 aromatic carbocycles. The molecule has 0 aliphatic heterocycles. The number of rotatable bonds is 1. The first-order valence-electron chi connectivity index (χ1n) is 4.89. The van der Waals surface area contributed by atoms with Gasteiger partial charge in [-0.25, -0.2) is 9.67 Å². The van der Waals surface area contributed by atoms with Crippen LogP contribution in [0, 0.1) is 10.5 Å². The predicted molar refractivity (Wildman–Crippen MR) is 70.2 cm³/mol. The molecule has 2 rings (SSSR count). The van der Waals surface area contributed by atoms with Crippen molar-refractivity contribution in [1.82, 2.24) is 14.8 Å². The van der Waals surface area contributed by atoms with Gasteiger partial charge < -0.3 is 0 Å². The Kier molecular flexibility index (Phi) is 4.74. The highest BCUT2D eigenvalue weighted by Gasteiger charge is 2.02. The molecule has 0 saturated carbocycles. The molecule has 2 heterocycles. The van der Waals surface area contributed by atoms with Crippen molar-refractivity contribution in [2.45, 2.75) is 20.8 Å². The molecule has 0 amide bonds. The van der Waals surface area contributed by atoms with Gasteiger partial charge in [-0.15, -0.1) is 0 Å². The zero-order valence-corrected chi connectivity index (χ0v) is 11.3. The number of pyridine rings is 1. The Morgan fingerprint density at radius 3 is 2.60 bits per heavy atom. The number of hydrogen-bond acceptors (Lipinski definition) is 2. The predicted octanol–water partition coefficient (Wildman–Crippen LogP) is 3.21. The fourth-order valence-corrected chi connectivity index (χ4v) is 1.52. The van der Waals surface area contributed by atoms with Gasteiger partial charge in [-0.05, 0) is 41.1 Å². The Morgan fingerprint density at radius 1 is 1.33 bits per heavy atom. The molecular weight excluding hydrogens is 301 g/mol. The summed E-state index contributed by atoms with van der Waals surface area (Å²) in [6.45, 7) is 6.02. The third-order valence-electron chi connectivity index (χ3n) is 1.75. The first-order chi connectivity index (χ1) is 7.27. The molecule has 2 aromatic rings. The van der Waals surface area contributed by atoms with Crippen molar-refractivity contribution in [2.24, 2.45) is 0 Å². The first kappa shape index (κ1) is 12.2. The molecule has 0 fully saturated rings. The second-order valence-electron chi connectivity index (χ2n) is 2.75. The molecular formula is C11H14IN3. The van der Waals surface area contributed by atoms with E-state index < -0.39 is 0 Å². The Hall–Kier alpha value is -0.910. The van der Waals surface area contributed by atoms with Crippen LogP contribution in [0.5, 0.6) is 0 Å². The minimum Gasteiger partial charge on any atom is -0.237 e. The maximum absolute atomic E-state index is 4.26. The molecule has 0 atom stereocenters. The van der Waals surface area contributed by atoms with Crippen molar-refractivity contribution in [3.05, 3.63) is 39.9 Å². The molecule has 2 aromatic heterocycles. The van der Waals surface area contributed by atoms with Crippen molar-refractivity contribution in [2.75, 3.05) is 0 Å². The van der Waals surface area contributed by atoms with Gasteiger partial charge in [0.25, 0.3) is 0 Å². The van der Waals surface area contributed by atoms with Crippen LogP contribution in [0.4, 0.5) is 0 Å². The number of nitrogens with zero attached hydrogens (tertiary/aromatic N) is 3. The standard InChI is InChI=1S/C9H8IN3.C2H6/c1-7-3-2-4-11-9(7)13-6-8(10)5-12-13;1-2/h2-6H,1H3;1-2H3. The largest absolute Gasteiger partial charge is 0.237 e. The van der Waals surface area contributed by atoms with Crippen molar-refractivity contribution < 1.29 is 0 Å². The van der Waals surface area contributed by atoms with Crippen molar-refractivity contribution in [1.29, 1.82) is 0 Å². The van der Waals surface area contributed by atoms with Gasteiger partial charge in [-0.1, -0.05) is 19.9 Å².